The number of methoxy groups -OCH3 is 1. The number of ether oxygens (including phenoxy) is 1. The molecular formula is C13H16ClFO. The molecule has 0 heterocycles. The molecule has 0 N–H and O–H groups in total. The molecule has 0 atom stereocenters. The monoisotopic (exact) mass is 242 g/mol. The Hall–Kier alpha value is -1.02. The van der Waals surface area contributed by atoms with Crippen molar-refractivity contribution in [2.45, 2.75) is 19.8 Å². The summed E-state index contributed by atoms with van der Waals surface area (Å²) in [5.41, 5.74) is 2.15. The number of hydrogen-bond donors (Lipinski definition) is 0. The minimum atomic E-state index is -0.315. The van der Waals surface area contributed by atoms with Crippen molar-refractivity contribution >= 4 is 11.6 Å². The first-order valence-corrected chi connectivity index (χ1v) is 5.75. The Bertz CT molecular complexity index is 374. The lowest BCUT2D eigenvalue weighted by atomic mass is 10.1. The Morgan fingerprint density at radius 1 is 1.50 bits per heavy atom. The number of rotatable bonds is 5. The fourth-order valence-electron chi connectivity index (χ4n) is 1.51. The van der Waals surface area contributed by atoms with Gasteiger partial charge in [0.1, 0.15) is 0 Å². The van der Waals surface area contributed by atoms with Crippen LogP contribution in [0.3, 0.4) is 0 Å². The summed E-state index contributed by atoms with van der Waals surface area (Å²) in [6.45, 7) is 2.02. The van der Waals surface area contributed by atoms with E-state index in [0.29, 0.717) is 5.88 Å². The molecule has 0 unspecified atom stereocenters. The van der Waals surface area contributed by atoms with E-state index in [0.717, 1.165) is 18.4 Å². The third-order valence-electron chi connectivity index (χ3n) is 2.30. The average Bonchev–Trinajstić information content (AvgIpc) is 2.26. The minimum absolute atomic E-state index is 0.283. The molecule has 1 nitrogen and oxygen atoms in total. The molecule has 3 heteroatoms. The zero-order valence-corrected chi connectivity index (χ0v) is 10.4. The van der Waals surface area contributed by atoms with Crippen LogP contribution in [0.2, 0.25) is 0 Å². The van der Waals surface area contributed by atoms with Crippen molar-refractivity contribution in [2.75, 3.05) is 13.0 Å². The second-order valence-electron chi connectivity index (χ2n) is 3.67. The van der Waals surface area contributed by atoms with Crippen LogP contribution >= 0.6 is 11.6 Å². The van der Waals surface area contributed by atoms with Crippen molar-refractivity contribution in [3.63, 3.8) is 0 Å². The van der Waals surface area contributed by atoms with Crippen LogP contribution in [0.5, 0.6) is 5.75 Å². The Morgan fingerprint density at radius 2 is 2.25 bits per heavy atom. The molecule has 88 valence electrons. The van der Waals surface area contributed by atoms with Crippen LogP contribution in [0.4, 0.5) is 4.39 Å². The second kappa shape index (κ2) is 6.54. The molecule has 16 heavy (non-hydrogen) atoms. The molecule has 0 saturated carbocycles. The SMILES string of the molecule is COc1ccc(CC(C)=CCCCl)cc1F. The van der Waals surface area contributed by atoms with Gasteiger partial charge in [-0.1, -0.05) is 17.7 Å². The number of halogens is 2. The molecule has 0 fully saturated rings. The lowest BCUT2D eigenvalue weighted by molar-refractivity contribution is 0.386. The van der Waals surface area contributed by atoms with E-state index < -0.39 is 0 Å². The topological polar surface area (TPSA) is 9.23 Å². The summed E-state index contributed by atoms with van der Waals surface area (Å²) in [5.74, 6) is 0.588. The fourth-order valence-corrected chi connectivity index (χ4v) is 1.62. The van der Waals surface area contributed by atoms with Gasteiger partial charge in [-0.2, -0.15) is 0 Å². The van der Waals surface area contributed by atoms with E-state index in [9.17, 15) is 4.39 Å². The quantitative estimate of drug-likeness (QED) is 0.561. The summed E-state index contributed by atoms with van der Waals surface area (Å²) in [7, 11) is 1.46. The standard InChI is InChI=1S/C13H16ClFO/c1-10(4-3-7-14)8-11-5-6-13(16-2)12(15)9-11/h4-6,9H,3,7-8H2,1-2H3. The van der Waals surface area contributed by atoms with Crippen molar-refractivity contribution in [3.05, 3.63) is 41.2 Å². The number of allylic oxidation sites excluding steroid dienone is 2. The highest BCUT2D eigenvalue weighted by Crippen LogP contribution is 2.19. The van der Waals surface area contributed by atoms with E-state index in [-0.39, 0.29) is 11.6 Å². The van der Waals surface area contributed by atoms with Gasteiger partial charge in [0, 0.05) is 5.88 Å². The van der Waals surface area contributed by atoms with Crippen molar-refractivity contribution in [1.82, 2.24) is 0 Å². The second-order valence-corrected chi connectivity index (χ2v) is 4.05. The van der Waals surface area contributed by atoms with E-state index in [1.54, 1.807) is 6.07 Å². The summed E-state index contributed by atoms with van der Waals surface area (Å²) < 4.78 is 18.3. The third-order valence-corrected chi connectivity index (χ3v) is 2.52. The molecular weight excluding hydrogens is 227 g/mol. The van der Waals surface area contributed by atoms with Crippen LogP contribution in [0.1, 0.15) is 18.9 Å². The highest BCUT2D eigenvalue weighted by molar-refractivity contribution is 6.17. The highest BCUT2D eigenvalue weighted by atomic mass is 35.5. The van der Waals surface area contributed by atoms with Gasteiger partial charge < -0.3 is 4.74 Å². The molecule has 0 radical (unpaired) electrons. The van der Waals surface area contributed by atoms with Crippen LogP contribution in [-0.4, -0.2) is 13.0 Å². The molecule has 0 amide bonds. The lowest BCUT2D eigenvalue weighted by Crippen LogP contribution is -1.92. The zero-order valence-electron chi connectivity index (χ0n) is 9.59. The van der Waals surface area contributed by atoms with E-state index in [1.165, 1.54) is 18.7 Å². The third kappa shape index (κ3) is 3.86. The number of alkyl halides is 1. The molecule has 0 aliphatic carbocycles. The maximum atomic E-state index is 13.4. The predicted octanol–water partition coefficient (Wildman–Crippen LogP) is 3.95. The van der Waals surface area contributed by atoms with Gasteiger partial charge in [0.25, 0.3) is 0 Å². The molecule has 1 aromatic rings. The molecule has 0 aliphatic heterocycles. The van der Waals surface area contributed by atoms with Crippen LogP contribution in [-0.2, 0) is 6.42 Å². The summed E-state index contributed by atoms with van der Waals surface area (Å²) in [4.78, 5) is 0. The van der Waals surface area contributed by atoms with Gasteiger partial charge in [0.15, 0.2) is 11.6 Å². The summed E-state index contributed by atoms with van der Waals surface area (Å²) in [6, 6.07) is 5.04. The Balaban J connectivity index is 2.71. The van der Waals surface area contributed by atoms with Gasteiger partial charge >= 0.3 is 0 Å². The van der Waals surface area contributed by atoms with Crippen molar-refractivity contribution in [2.24, 2.45) is 0 Å². The van der Waals surface area contributed by atoms with Crippen LogP contribution in [0.25, 0.3) is 0 Å². The van der Waals surface area contributed by atoms with Gasteiger partial charge in [0.05, 0.1) is 7.11 Å². The van der Waals surface area contributed by atoms with Crippen LogP contribution in [0, 0.1) is 5.82 Å². The highest BCUT2D eigenvalue weighted by Gasteiger charge is 2.03. The van der Waals surface area contributed by atoms with Crippen LogP contribution in [0.15, 0.2) is 29.8 Å². The lowest BCUT2D eigenvalue weighted by Gasteiger charge is -2.05. The van der Waals surface area contributed by atoms with Crippen LogP contribution < -0.4 is 4.74 Å². The molecule has 0 bridgehead atoms. The van der Waals surface area contributed by atoms with Gasteiger partial charge in [-0.15, -0.1) is 11.6 Å². The predicted molar refractivity (Wildman–Crippen MR) is 65.8 cm³/mol. The van der Waals surface area contributed by atoms with Crippen molar-refractivity contribution in [1.29, 1.82) is 0 Å². The minimum Gasteiger partial charge on any atom is -0.494 e. The molecule has 1 rings (SSSR count). The molecule has 1 aromatic carbocycles. The number of hydrogen-bond acceptors (Lipinski definition) is 1. The fraction of sp³-hybridized carbons (Fsp3) is 0.385. The summed E-state index contributed by atoms with van der Waals surface area (Å²) >= 11 is 5.59. The van der Waals surface area contributed by atoms with E-state index in [1.807, 2.05) is 13.0 Å². The Kier molecular flexibility index (Phi) is 5.33. The summed E-state index contributed by atoms with van der Waals surface area (Å²) in [5, 5.41) is 0. The van der Waals surface area contributed by atoms with E-state index >= 15 is 0 Å². The first-order valence-electron chi connectivity index (χ1n) is 5.21. The molecule has 0 aromatic heterocycles. The summed E-state index contributed by atoms with van der Waals surface area (Å²) in [6.07, 6.45) is 3.68. The molecule has 0 aliphatic rings. The van der Waals surface area contributed by atoms with Gasteiger partial charge in [0.2, 0.25) is 0 Å². The van der Waals surface area contributed by atoms with Gasteiger partial charge in [-0.3, -0.25) is 0 Å². The maximum absolute atomic E-state index is 13.4. The smallest absolute Gasteiger partial charge is 0.165 e. The first-order chi connectivity index (χ1) is 7.67. The van der Waals surface area contributed by atoms with Gasteiger partial charge in [-0.05, 0) is 37.5 Å². The largest absolute Gasteiger partial charge is 0.494 e. The zero-order chi connectivity index (χ0) is 12.0. The number of benzene rings is 1. The Morgan fingerprint density at radius 3 is 2.81 bits per heavy atom. The normalized spacial score (nSPS) is 11.6. The van der Waals surface area contributed by atoms with Crippen molar-refractivity contribution < 1.29 is 9.13 Å². The first kappa shape index (κ1) is 13.0. The average molecular weight is 243 g/mol. The Labute approximate surface area is 101 Å². The molecule has 0 saturated heterocycles. The maximum Gasteiger partial charge on any atom is 0.165 e. The van der Waals surface area contributed by atoms with E-state index in [2.05, 4.69) is 6.08 Å². The van der Waals surface area contributed by atoms with Crippen molar-refractivity contribution in [3.8, 4) is 5.75 Å². The van der Waals surface area contributed by atoms with Gasteiger partial charge in [-0.25, -0.2) is 4.39 Å². The molecule has 0 spiro atoms. The van der Waals surface area contributed by atoms with E-state index in [4.69, 9.17) is 16.3 Å².